The molecule has 0 aliphatic heterocycles. The summed E-state index contributed by atoms with van der Waals surface area (Å²) in [6.45, 7) is 2.01. The molecule has 60 valence electrons. The monoisotopic (exact) mass is 145 g/mol. The minimum Gasteiger partial charge on any atom is -0.481 e. The number of aliphatic carboxylic acids is 1. The molecule has 0 aromatic heterocycles. The molecule has 0 aromatic rings. The van der Waals surface area contributed by atoms with Gasteiger partial charge >= 0.3 is 5.97 Å². The molecule has 3 nitrogen and oxygen atoms in total. The molecular formula is C7H15NO2. The zero-order chi connectivity index (χ0) is 7.98. The Hall–Kier alpha value is -0.570. The summed E-state index contributed by atoms with van der Waals surface area (Å²) in [5, 5.41) is 8.26. The van der Waals surface area contributed by atoms with Gasteiger partial charge in [-0.05, 0) is 19.3 Å². The highest BCUT2D eigenvalue weighted by Crippen LogP contribution is 2.00. The lowest BCUT2D eigenvalue weighted by Gasteiger charge is -2.05. The van der Waals surface area contributed by atoms with Crippen molar-refractivity contribution in [1.82, 2.24) is 0 Å². The fourth-order valence-corrected chi connectivity index (χ4v) is 0.720. The summed E-state index contributed by atoms with van der Waals surface area (Å²) in [7, 11) is 0. The quantitative estimate of drug-likeness (QED) is 0.606. The molecule has 0 saturated heterocycles. The summed E-state index contributed by atoms with van der Waals surface area (Å²) < 4.78 is 0. The number of nitrogens with two attached hydrogens (primary N) is 1. The Balaban J connectivity index is 3.11. The number of carboxylic acids is 1. The SMILES string of the molecule is CCC(N)CCCC(=O)O. The Kier molecular flexibility index (Phi) is 4.94. The lowest BCUT2D eigenvalue weighted by atomic mass is 10.1. The van der Waals surface area contributed by atoms with E-state index in [1.54, 1.807) is 0 Å². The van der Waals surface area contributed by atoms with Crippen molar-refractivity contribution in [3.05, 3.63) is 0 Å². The van der Waals surface area contributed by atoms with Gasteiger partial charge in [0.25, 0.3) is 0 Å². The van der Waals surface area contributed by atoms with Crippen molar-refractivity contribution in [2.45, 2.75) is 38.6 Å². The molecule has 10 heavy (non-hydrogen) atoms. The topological polar surface area (TPSA) is 63.3 Å². The maximum atomic E-state index is 10.0. The Morgan fingerprint density at radius 2 is 2.30 bits per heavy atom. The van der Waals surface area contributed by atoms with Crippen LogP contribution in [0.1, 0.15) is 32.6 Å². The summed E-state index contributed by atoms with van der Waals surface area (Å²) in [6, 6.07) is 0.180. The second kappa shape index (κ2) is 5.23. The van der Waals surface area contributed by atoms with Crippen LogP contribution in [-0.2, 0) is 4.79 Å². The standard InChI is InChI=1S/C7H15NO2/c1-2-6(8)4-3-5-7(9)10/h6H,2-5,8H2,1H3,(H,9,10). The van der Waals surface area contributed by atoms with Crippen LogP contribution < -0.4 is 5.73 Å². The van der Waals surface area contributed by atoms with Crippen LogP contribution in [0.3, 0.4) is 0 Å². The number of hydrogen-bond acceptors (Lipinski definition) is 2. The Morgan fingerprint density at radius 3 is 2.70 bits per heavy atom. The molecule has 0 heterocycles. The fourth-order valence-electron chi connectivity index (χ4n) is 0.720. The van der Waals surface area contributed by atoms with E-state index >= 15 is 0 Å². The Bertz CT molecular complexity index is 104. The van der Waals surface area contributed by atoms with Gasteiger partial charge < -0.3 is 10.8 Å². The van der Waals surface area contributed by atoms with Crippen molar-refractivity contribution in [2.75, 3.05) is 0 Å². The van der Waals surface area contributed by atoms with E-state index in [0.717, 1.165) is 12.8 Å². The minimum atomic E-state index is -0.733. The van der Waals surface area contributed by atoms with Gasteiger partial charge in [0, 0.05) is 12.5 Å². The smallest absolute Gasteiger partial charge is 0.303 e. The largest absolute Gasteiger partial charge is 0.481 e. The molecule has 0 rings (SSSR count). The molecule has 0 aliphatic carbocycles. The molecule has 0 aromatic carbocycles. The van der Waals surface area contributed by atoms with E-state index in [9.17, 15) is 4.79 Å². The Labute approximate surface area is 61.2 Å². The van der Waals surface area contributed by atoms with Gasteiger partial charge in [0.2, 0.25) is 0 Å². The van der Waals surface area contributed by atoms with Gasteiger partial charge in [0.1, 0.15) is 0 Å². The summed E-state index contributed by atoms with van der Waals surface area (Å²) in [5.41, 5.74) is 5.57. The van der Waals surface area contributed by atoms with E-state index in [4.69, 9.17) is 10.8 Å². The zero-order valence-electron chi connectivity index (χ0n) is 6.34. The molecule has 3 N–H and O–H groups in total. The molecular weight excluding hydrogens is 130 g/mol. The predicted octanol–water partition coefficient (Wildman–Crippen LogP) is 0.979. The summed E-state index contributed by atoms with van der Waals surface area (Å²) >= 11 is 0. The van der Waals surface area contributed by atoms with Crippen LogP contribution in [-0.4, -0.2) is 17.1 Å². The van der Waals surface area contributed by atoms with Gasteiger partial charge in [-0.25, -0.2) is 0 Å². The van der Waals surface area contributed by atoms with Crippen molar-refractivity contribution >= 4 is 5.97 Å². The fraction of sp³-hybridized carbons (Fsp3) is 0.857. The summed E-state index contributed by atoms with van der Waals surface area (Å²) in [6.07, 6.45) is 2.69. The second-order valence-electron chi connectivity index (χ2n) is 2.45. The van der Waals surface area contributed by atoms with Crippen molar-refractivity contribution in [3.63, 3.8) is 0 Å². The third kappa shape index (κ3) is 5.56. The van der Waals surface area contributed by atoms with E-state index < -0.39 is 5.97 Å². The molecule has 1 unspecified atom stereocenters. The minimum absolute atomic E-state index is 0.180. The maximum Gasteiger partial charge on any atom is 0.303 e. The number of carboxylic acid groups (broad SMARTS) is 1. The normalized spacial score (nSPS) is 13.0. The van der Waals surface area contributed by atoms with Crippen LogP contribution in [0, 0.1) is 0 Å². The van der Waals surface area contributed by atoms with Gasteiger partial charge in [0.05, 0.1) is 0 Å². The molecule has 0 amide bonds. The van der Waals surface area contributed by atoms with E-state index in [2.05, 4.69) is 0 Å². The molecule has 0 bridgehead atoms. The predicted molar refractivity (Wildman–Crippen MR) is 39.8 cm³/mol. The third-order valence-corrected chi connectivity index (χ3v) is 1.49. The maximum absolute atomic E-state index is 10.0. The number of carbonyl (C=O) groups is 1. The molecule has 1 atom stereocenters. The summed E-state index contributed by atoms with van der Waals surface area (Å²) in [4.78, 5) is 10.0. The lowest BCUT2D eigenvalue weighted by molar-refractivity contribution is -0.137. The molecule has 0 aliphatic rings. The van der Waals surface area contributed by atoms with Gasteiger partial charge in [0.15, 0.2) is 0 Å². The van der Waals surface area contributed by atoms with Crippen LogP contribution in [0.5, 0.6) is 0 Å². The molecule has 0 spiro atoms. The average Bonchev–Trinajstić information content (AvgIpc) is 1.87. The number of hydrogen-bond donors (Lipinski definition) is 2. The van der Waals surface area contributed by atoms with Gasteiger partial charge in [-0.1, -0.05) is 6.92 Å². The molecule has 3 heteroatoms. The van der Waals surface area contributed by atoms with Crippen molar-refractivity contribution in [1.29, 1.82) is 0 Å². The molecule has 0 saturated carbocycles. The van der Waals surface area contributed by atoms with Crippen molar-refractivity contribution in [3.8, 4) is 0 Å². The van der Waals surface area contributed by atoms with Gasteiger partial charge in [-0.3, -0.25) is 4.79 Å². The number of rotatable bonds is 5. The first-order chi connectivity index (χ1) is 4.66. The van der Waals surface area contributed by atoms with Crippen molar-refractivity contribution in [2.24, 2.45) is 5.73 Å². The second-order valence-corrected chi connectivity index (χ2v) is 2.45. The van der Waals surface area contributed by atoms with E-state index in [-0.39, 0.29) is 12.5 Å². The van der Waals surface area contributed by atoms with Crippen molar-refractivity contribution < 1.29 is 9.90 Å². The van der Waals surface area contributed by atoms with Gasteiger partial charge in [-0.2, -0.15) is 0 Å². The van der Waals surface area contributed by atoms with Crippen LogP contribution >= 0.6 is 0 Å². The Morgan fingerprint density at radius 1 is 1.70 bits per heavy atom. The first-order valence-corrected chi connectivity index (χ1v) is 3.64. The lowest BCUT2D eigenvalue weighted by Crippen LogP contribution is -2.18. The van der Waals surface area contributed by atoms with Crippen LogP contribution in [0.25, 0.3) is 0 Å². The first kappa shape index (κ1) is 9.43. The summed E-state index contributed by atoms with van der Waals surface area (Å²) in [5.74, 6) is -0.733. The molecule has 0 radical (unpaired) electrons. The first-order valence-electron chi connectivity index (χ1n) is 3.64. The van der Waals surface area contributed by atoms with Crippen LogP contribution in [0.4, 0.5) is 0 Å². The highest BCUT2D eigenvalue weighted by atomic mass is 16.4. The van der Waals surface area contributed by atoms with Gasteiger partial charge in [-0.15, -0.1) is 0 Å². The van der Waals surface area contributed by atoms with E-state index in [1.165, 1.54) is 0 Å². The molecule has 0 fully saturated rings. The average molecular weight is 145 g/mol. The van der Waals surface area contributed by atoms with Crippen LogP contribution in [0.2, 0.25) is 0 Å². The zero-order valence-corrected chi connectivity index (χ0v) is 6.34. The van der Waals surface area contributed by atoms with E-state index in [0.29, 0.717) is 6.42 Å². The van der Waals surface area contributed by atoms with E-state index in [1.807, 2.05) is 6.92 Å². The third-order valence-electron chi connectivity index (χ3n) is 1.49. The van der Waals surface area contributed by atoms with Crippen LogP contribution in [0.15, 0.2) is 0 Å². The highest BCUT2D eigenvalue weighted by molar-refractivity contribution is 5.66. The highest BCUT2D eigenvalue weighted by Gasteiger charge is 2.00.